The SMILES string of the molecule is COc1cc(OC)cc(C(=O)NN/C(C)=C(\C#N)c2ccccc2)c1. The number of carbonyl (C=O) groups is 1. The average molecular weight is 337 g/mol. The molecule has 2 N–H and O–H groups in total. The zero-order chi connectivity index (χ0) is 18.2. The minimum absolute atomic E-state index is 0.370. The Bertz CT molecular complexity index is 801. The molecule has 2 aromatic carbocycles. The van der Waals surface area contributed by atoms with E-state index < -0.39 is 0 Å². The third-order valence-corrected chi connectivity index (χ3v) is 3.53. The van der Waals surface area contributed by atoms with Crippen molar-refractivity contribution in [2.24, 2.45) is 0 Å². The molecular formula is C19H19N3O3. The molecule has 25 heavy (non-hydrogen) atoms. The lowest BCUT2D eigenvalue weighted by atomic mass is 10.1. The molecular weight excluding hydrogens is 318 g/mol. The Labute approximate surface area is 146 Å². The Morgan fingerprint density at radius 3 is 2.08 bits per heavy atom. The number of carbonyl (C=O) groups excluding carboxylic acids is 1. The first-order valence-corrected chi connectivity index (χ1v) is 7.55. The van der Waals surface area contributed by atoms with Crippen molar-refractivity contribution in [1.29, 1.82) is 5.26 Å². The van der Waals surface area contributed by atoms with Crippen LogP contribution in [0.25, 0.3) is 5.57 Å². The van der Waals surface area contributed by atoms with Gasteiger partial charge in [0.15, 0.2) is 0 Å². The predicted molar refractivity (Wildman–Crippen MR) is 94.8 cm³/mol. The Kier molecular flexibility index (Phi) is 6.02. The van der Waals surface area contributed by atoms with Crippen LogP contribution in [-0.2, 0) is 0 Å². The van der Waals surface area contributed by atoms with Gasteiger partial charge >= 0.3 is 0 Å². The molecule has 0 aromatic heterocycles. The van der Waals surface area contributed by atoms with Crippen molar-refractivity contribution in [3.8, 4) is 17.6 Å². The van der Waals surface area contributed by atoms with Crippen LogP contribution in [0, 0.1) is 11.3 Å². The van der Waals surface area contributed by atoms with Crippen molar-refractivity contribution in [2.45, 2.75) is 6.92 Å². The van der Waals surface area contributed by atoms with Gasteiger partial charge in [0.2, 0.25) is 0 Å². The fraction of sp³-hybridized carbons (Fsp3) is 0.158. The average Bonchev–Trinajstić information content (AvgIpc) is 2.67. The summed E-state index contributed by atoms with van der Waals surface area (Å²) < 4.78 is 10.3. The molecule has 0 saturated heterocycles. The fourth-order valence-electron chi connectivity index (χ4n) is 2.19. The van der Waals surface area contributed by atoms with Crippen LogP contribution in [-0.4, -0.2) is 20.1 Å². The van der Waals surface area contributed by atoms with Gasteiger partial charge in [0.1, 0.15) is 17.6 Å². The van der Waals surface area contributed by atoms with Gasteiger partial charge in [-0.15, -0.1) is 0 Å². The molecule has 128 valence electrons. The van der Waals surface area contributed by atoms with Crippen LogP contribution in [0.1, 0.15) is 22.8 Å². The van der Waals surface area contributed by atoms with Crippen molar-refractivity contribution in [2.75, 3.05) is 14.2 Å². The summed E-state index contributed by atoms with van der Waals surface area (Å²) in [5.41, 5.74) is 7.49. The maximum atomic E-state index is 12.3. The van der Waals surface area contributed by atoms with Crippen molar-refractivity contribution in [1.82, 2.24) is 10.9 Å². The predicted octanol–water partition coefficient (Wildman–Crippen LogP) is 2.89. The topological polar surface area (TPSA) is 83.4 Å². The lowest BCUT2D eigenvalue weighted by Crippen LogP contribution is -2.36. The summed E-state index contributed by atoms with van der Waals surface area (Å²) in [6.45, 7) is 1.72. The number of nitriles is 1. The van der Waals surface area contributed by atoms with Gasteiger partial charge in [-0.25, -0.2) is 0 Å². The monoisotopic (exact) mass is 337 g/mol. The molecule has 0 spiro atoms. The van der Waals surface area contributed by atoms with E-state index in [0.717, 1.165) is 5.56 Å². The number of hydrogen-bond acceptors (Lipinski definition) is 5. The summed E-state index contributed by atoms with van der Waals surface area (Å²) in [6.07, 6.45) is 0. The summed E-state index contributed by atoms with van der Waals surface area (Å²) in [5.74, 6) is 0.652. The molecule has 0 aliphatic carbocycles. The van der Waals surface area contributed by atoms with Gasteiger partial charge in [0, 0.05) is 17.3 Å². The molecule has 0 aliphatic heterocycles. The standard InChI is InChI=1S/C19H19N3O3/c1-13(18(12-20)14-7-5-4-6-8-14)21-22-19(23)15-9-16(24-2)11-17(10-15)25-3/h4-11,21H,1-3H3,(H,22,23)/b18-13+. The number of allylic oxidation sites excluding steroid dienone is 2. The molecule has 6 nitrogen and oxygen atoms in total. The van der Waals surface area contributed by atoms with Crippen LogP contribution in [0.4, 0.5) is 0 Å². The number of nitrogens with one attached hydrogen (secondary N) is 2. The summed E-state index contributed by atoms with van der Waals surface area (Å²) in [6, 6.07) is 16.3. The summed E-state index contributed by atoms with van der Waals surface area (Å²) >= 11 is 0. The Balaban J connectivity index is 2.16. The van der Waals surface area contributed by atoms with Gasteiger partial charge in [-0.05, 0) is 24.6 Å². The van der Waals surface area contributed by atoms with Crippen LogP contribution >= 0.6 is 0 Å². The number of methoxy groups -OCH3 is 2. The first-order valence-electron chi connectivity index (χ1n) is 7.55. The number of benzene rings is 2. The van der Waals surface area contributed by atoms with Gasteiger partial charge in [0.25, 0.3) is 5.91 Å². The van der Waals surface area contributed by atoms with Gasteiger partial charge in [-0.2, -0.15) is 5.26 Å². The number of nitrogens with zero attached hydrogens (tertiary/aromatic N) is 1. The van der Waals surface area contributed by atoms with Crippen LogP contribution in [0.3, 0.4) is 0 Å². The second kappa shape index (κ2) is 8.41. The third kappa shape index (κ3) is 4.52. The molecule has 0 atom stereocenters. The van der Waals surface area contributed by atoms with Crippen molar-refractivity contribution in [3.05, 3.63) is 65.4 Å². The highest BCUT2D eigenvalue weighted by atomic mass is 16.5. The fourth-order valence-corrected chi connectivity index (χ4v) is 2.19. The second-order valence-electron chi connectivity index (χ2n) is 5.16. The Morgan fingerprint density at radius 1 is 0.960 bits per heavy atom. The third-order valence-electron chi connectivity index (χ3n) is 3.53. The van der Waals surface area contributed by atoms with E-state index in [2.05, 4.69) is 16.9 Å². The van der Waals surface area contributed by atoms with Gasteiger partial charge in [-0.1, -0.05) is 30.3 Å². The van der Waals surface area contributed by atoms with Gasteiger partial charge < -0.3 is 14.9 Å². The molecule has 0 bridgehead atoms. The zero-order valence-electron chi connectivity index (χ0n) is 14.3. The second-order valence-corrected chi connectivity index (χ2v) is 5.16. The first-order chi connectivity index (χ1) is 12.1. The van der Waals surface area contributed by atoms with E-state index in [1.165, 1.54) is 14.2 Å². The Morgan fingerprint density at radius 2 is 1.56 bits per heavy atom. The lowest BCUT2D eigenvalue weighted by molar-refractivity contribution is 0.0938. The van der Waals surface area contributed by atoms with Crippen molar-refractivity contribution in [3.63, 3.8) is 0 Å². The number of ether oxygens (including phenoxy) is 2. The molecule has 1 amide bonds. The van der Waals surface area contributed by atoms with E-state index >= 15 is 0 Å². The molecule has 0 radical (unpaired) electrons. The molecule has 0 saturated carbocycles. The number of hydrogen-bond donors (Lipinski definition) is 2. The normalized spacial score (nSPS) is 11.0. The minimum Gasteiger partial charge on any atom is -0.497 e. The van der Waals surface area contributed by atoms with E-state index in [1.54, 1.807) is 25.1 Å². The van der Waals surface area contributed by atoms with Crippen LogP contribution in [0.2, 0.25) is 0 Å². The van der Waals surface area contributed by atoms with Crippen LogP contribution < -0.4 is 20.3 Å². The summed E-state index contributed by atoms with van der Waals surface area (Å²) in [5, 5.41) is 9.38. The summed E-state index contributed by atoms with van der Waals surface area (Å²) in [7, 11) is 3.03. The maximum absolute atomic E-state index is 12.3. The number of rotatable bonds is 6. The quantitative estimate of drug-likeness (QED) is 0.625. The first kappa shape index (κ1) is 17.9. The van der Waals surface area contributed by atoms with E-state index in [0.29, 0.717) is 28.3 Å². The van der Waals surface area contributed by atoms with E-state index in [4.69, 9.17) is 9.47 Å². The summed E-state index contributed by atoms with van der Waals surface area (Å²) in [4.78, 5) is 12.3. The highest BCUT2D eigenvalue weighted by Gasteiger charge is 2.11. The lowest BCUT2D eigenvalue weighted by Gasteiger charge is -2.12. The van der Waals surface area contributed by atoms with Crippen molar-refractivity contribution >= 4 is 11.5 Å². The molecule has 0 heterocycles. The van der Waals surface area contributed by atoms with Crippen molar-refractivity contribution < 1.29 is 14.3 Å². The van der Waals surface area contributed by atoms with Crippen LogP contribution in [0.15, 0.2) is 54.2 Å². The molecule has 2 aromatic rings. The Hall–Kier alpha value is -3.46. The molecule has 0 aliphatic rings. The highest BCUT2D eigenvalue weighted by Crippen LogP contribution is 2.22. The molecule has 0 unspecified atom stereocenters. The van der Waals surface area contributed by atoms with E-state index in [-0.39, 0.29) is 5.91 Å². The van der Waals surface area contributed by atoms with Gasteiger partial charge in [0.05, 0.1) is 19.8 Å². The van der Waals surface area contributed by atoms with Gasteiger partial charge in [-0.3, -0.25) is 10.2 Å². The number of hydrazine groups is 1. The maximum Gasteiger partial charge on any atom is 0.269 e. The molecule has 6 heteroatoms. The largest absolute Gasteiger partial charge is 0.497 e. The van der Waals surface area contributed by atoms with E-state index in [1.807, 2.05) is 30.3 Å². The molecule has 2 rings (SSSR count). The number of amides is 1. The smallest absolute Gasteiger partial charge is 0.269 e. The zero-order valence-corrected chi connectivity index (χ0v) is 14.3. The van der Waals surface area contributed by atoms with Crippen LogP contribution in [0.5, 0.6) is 11.5 Å². The molecule has 0 fully saturated rings. The highest BCUT2D eigenvalue weighted by molar-refractivity contribution is 5.95. The van der Waals surface area contributed by atoms with E-state index in [9.17, 15) is 10.1 Å². The minimum atomic E-state index is -0.373.